The van der Waals surface area contributed by atoms with Crippen LogP contribution in [-0.2, 0) is 0 Å². The lowest BCUT2D eigenvalue weighted by Crippen LogP contribution is -1.85. The van der Waals surface area contributed by atoms with E-state index < -0.39 is 0 Å². The smallest absolute Gasteiger partial charge is 0.148 e. The molecular weight excluding hydrogens is 129 g/mol. The van der Waals surface area contributed by atoms with Crippen molar-refractivity contribution in [2.75, 3.05) is 0 Å². The maximum Gasteiger partial charge on any atom is 0.148 e. The minimum absolute atomic E-state index is 0.310. The van der Waals surface area contributed by atoms with Gasteiger partial charge in [-0.3, -0.25) is 4.98 Å². The molecular formula is C8H8FN. The zero-order valence-electron chi connectivity index (χ0n) is 5.76. The molecule has 10 heavy (non-hydrogen) atoms. The Morgan fingerprint density at radius 1 is 1.70 bits per heavy atom. The maximum atomic E-state index is 12.7. The van der Waals surface area contributed by atoms with Gasteiger partial charge in [0.1, 0.15) is 5.82 Å². The number of rotatable bonds is 1. The lowest BCUT2D eigenvalue weighted by Gasteiger charge is -1.97. The van der Waals surface area contributed by atoms with E-state index in [0.29, 0.717) is 5.56 Å². The Balaban J connectivity index is 3.15. The molecule has 0 fully saturated rings. The van der Waals surface area contributed by atoms with E-state index >= 15 is 0 Å². The van der Waals surface area contributed by atoms with Crippen LogP contribution in [0, 0.1) is 5.82 Å². The molecule has 52 valence electrons. The summed E-state index contributed by atoms with van der Waals surface area (Å²) in [6, 6.07) is 1.61. The first-order valence-corrected chi connectivity index (χ1v) is 2.97. The van der Waals surface area contributed by atoms with E-state index in [1.807, 2.05) is 0 Å². The van der Waals surface area contributed by atoms with Crippen molar-refractivity contribution in [2.45, 2.75) is 6.92 Å². The summed E-state index contributed by atoms with van der Waals surface area (Å²) >= 11 is 0. The predicted octanol–water partition coefficient (Wildman–Crippen LogP) is 2.25. The van der Waals surface area contributed by atoms with Crippen molar-refractivity contribution < 1.29 is 4.39 Å². The second-order valence-corrected chi connectivity index (χ2v) is 2.14. The number of hydrogen-bond acceptors (Lipinski definition) is 1. The summed E-state index contributed by atoms with van der Waals surface area (Å²) < 4.78 is 12.7. The second-order valence-electron chi connectivity index (χ2n) is 2.14. The molecule has 0 bridgehead atoms. The fraction of sp³-hybridized carbons (Fsp3) is 0.125. The fourth-order valence-electron chi connectivity index (χ4n) is 0.721. The van der Waals surface area contributed by atoms with E-state index in [-0.39, 0.29) is 5.82 Å². The third-order valence-corrected chi connectivity index (χ3v) is 1.23. The minimum Gasteiger partial charge on any atom is -0.262 e. The van der Waals surface area contributed by atoms with Crippen molar-refractivity contribution in [1.29, 1.82) is 0 Å². The number of halogens is 1. The van der Waals surface area contributed by atoms with Crippen LogP contribution >= 0.6 is 0 Å². The summed E-state index contributed by atoms with van der Waals surface area (Å²) in [7, 11) is 0. The van der Waals surface area contributed by atoms with Gasteiger partial charge in [0.25, 0.3) is 0 Å². The molecule has 1 rings (SSSR count). The molecule has 0 atom stereocenters. The fourth-order valence-corrected chi connectivity index (χ4v) is 0.721. The third-order valence-electron chi connectivity index (χ3n) is 1.23. The van der Waals surface area contributed by atoms with Crippen molar-refractivity contribution in [3.05, 3.63) is 36.4 Å². The lowest BCUT2D eigenvalue weighted by atomic mass is 10.1. The number of nitrogens with zero attached hydrogens (tertiary/aromatic N) is 1. The normalized spacial score (nSPS) is 9.40. The van der Waals surface area contributed by atoms with Gasteiger partial charge in [0.05, 0.1) is 6.20 Å². The van der Waals surface area contributed by atoms with Gasteiger partial charge in [-0.05, 0) is 18.6 Å². The summed E-state index contributed by atoms with van der Waals surface area (Å²) in [4.78, 5) is 3.61. The van der Waals surface area contributed by atoms with Crippen LogP contribution in [0.15, 0.2) is 25.0 Å². The second kappa shape index (κ2) is 2.60. The quantitative estimate of drug-likeness (QED) is 0.578. The van der Waals surface area contributed by atoms with Crippen LogP contribution in [0.1, 0.15) is 12.5 Å². The average Bonchev–Trinajstić information content (AvgIpc) is 1.88. The number of aromatic nitrogens is 1. The minimum atomic E-state index is -0.310. The van der Waals surface area contributed by atoms with Crippen LogP contribution in [0.4, 0.5) is 4.39 Å². The first-order chi connectivity index (χ1) is 4.72. The number of pyridine rings is 1. The highest BCUT2D eigenvalue weighted by Crippen LogP contribution is 2.13. The highest BCUT2D eigenvalue weighted by atomic mass is 19.1. The monoisotopic (exact) mass is 137 g/mol. The average molecular weight is 137 g/mol. The Hall–Kier alpha value is -1.18. The van der Waals surface area contributed by atoms with Crippen LogP contribution in [0.2, 0.25) is 0 Å². The van der Waals surface area contributed by atoms with Crippen LogP contribution in [0.25, 0.3) is 5.57 Å². The summed E-state index contributed by atoms with van der Waals surface area (Å²) in [5, 5.41) is 0. The molecule has 2 heteroatoms. The third kappa shape index (κ3) is 1.21. The Labute approximate surface area is 59.2 Å². The van der Waals surface area contributed by atoms with Crippen molar-refractivity contribution in [1.82, 2.24) is 4.98 Å². The standard InChI is InChI=1S/C8H8FN/c1-6(2)7-3-4-10-5-8(7)9/h3-5H,1H2,2H3. The van der Waals surface area contributed by atoms with Gasteiger partial charge in [-0.25, -0.2) is 4.39 Å². The van der Waals surface area contributed by atoms with Gasteiger partial charge in [-0.1, -0.05) is 6.58 Å². The molecule has 0 amide bonds. The Kier molecular flexibility index (Phi) is 1.81. The highest BCUT2D eigenvalue weighted by Gasteiger charge is 1.99. The Morgan fingerprint density at radius 2 is 2.40 bits per heavy atom. The van der Waals surface area contributed by atoms with Gasteiger partial charge in [0.15, 0.2) is 0 Å². The summed E-state index contributed by atoms with van der Waals surface area (Å²) in [5.74, 6) is -0.310. The first-order valence-electron chi connectivity index (χ1n) is 2.97. The Morgan fingerprint density at radius 3 is 2.80 bits per heavy atom. The number of hydrogen-bond donors (Lipinski definition) is 0. The Bertz CT molecular complexity index is 255. The molecule has 0 aliphatic rings. The van der Waals surface area contributed by atoms with Gasteiger partial charge >= 0.3 is 0 Å². The van der Waals surface area contributed by atoms with Crippen molar-refractivity contribution in [3.8, 4) is 0 Å². The van der Waals surface area contributed by atoms with E-state index in [0.717, 1.165) is 5.57 Å². The molecule has 0 spiro atoms. The van der Waals surface area contributed by atoms with Crippen LogP contribution in [0.5, 0.6) is 0 Å². The zero-order valence-corrected chi connectivity index (χ0v) is 5.76. The molecule has 1 aromatic heterocycles. The van der Waals surface area contributed by atoms with Gasteiger partial charge in [-0.2, -0.15) is 0 Å². The maximum absolute atomic E-state index is 12.7. The van der Waals surface area contributed by atoms with Crippen molar-refractivity contribution >= 4 is 5.57 Å². The van der Waals surface area contributed by atoms with Crippen molar-refractivity contribution in [3.63, 3.8) is 0 Å². The summed E-state index contributed by atoms with van der Waals surface area (Å²) in [6.45, 7) is 5.38. The van der Waals surface area contributed by atoms with E-state index in [1.54, 1.807) is 19.2 Å². The molecule has 0 saturated heterocycles. The molecule has 0 aromatic carbocycles. The van der Waals surface area contributed by atoms with E-state index in [2.05, 4.69) is 11.6 Å². The zero-order chi connectivity index (χ0) is 7.56. The van der Waals surface area contributed by atoms with Crippen molar-refractivity contribution in [2.24, 2.45) is 0 Å². The van der Waals surface area contributed by atoms with Gasteiger partial charge in [0, 0.05) is 11.8 Å². The lowest BCUT2D eigenvalue weighted by molar-refractivity contribution is 0.617. The molecule has 0 N–H and O–H groups in total. The highest BCUT2D eigenvalue weighted by molar-refractivity contribution is 5.60. The summed E-state index contributed by atoms with van der Waals surface area (Å²) in [6.07, 6.45) is 2.73. The van der Waals surface area contributed by atoms with Crippen LogP contribution in [0.3, 0.4) is 0 Å². The predicted molar refractivity (Wildman–Crippen MR) is 38.9 cm³/mol. The first kappa shape index (κ1) is 6.93. The van der Waals surface area contributed by atoms with Gasteiger partial charge in [-0.15, -0.1) is 0 Å². The molecule has 1 nitrogen and oxygen atoms in total. The van der Waals surface area contributed by atoms with E-state index in [4.69, 9.17) is 0 Å². The molecule has 0 radical (unpaired) electrons. The molecule has 0 aliphatic heterocycles. The topological polar surface area (TPSA) is 12.9 Å². The summed E-state index contributed by atoms with van der Waals surface area (Å²) in [5.41, 5.74) is 1.26. The van der Waals surface area contributed by atoms with Gasteiger partial charge < -0.3 is 0 Å². The SMILES string of the molecule is C=C(C)c1ccncc1F. The number of allylic oxidation sites excluding steroid dienone is 1. The van der Waals surface area contributed by atoms with Crippen LogP contribution < -0.4 is 0 Å². The molecule has 0 saturated carbocycles. The van der Waals surface area contributed by atoms with Gasteiger partial charge in [0.2, 0.25) is 0 Å². The van der Waals surface area contributed by atoms with E-state index in [9.17, 15) is 4.39 Å². The molecule has 0 unspecified atom stereocenters. The van der Waals surface area contributed by atoms with Crippen LogP contribution in [-0.4, -0.2) is 4.98 Å². The van der Waals surface area contributed by atoms with E-state index in [1.165, 1.54) is 6.20 Å². The molecule has 1 heterocycles. The molecule has 1 aromatic rings. The molecule has 0 aliphatic carbocycles. The largest absolute Gasteiger partial charge is 0.262 e.